The van der Waals surface area contributed by atoms with E-state index in [4.69, 9.17) is 18.9 Å². The number of aliphatic carboxylic acids is 1. The summed E-state index contributed by atoms with van der Waals surface area (Å²) in [5.74, 6) is -3.39. The van der Waals surface area contributed by atoms with Gasteiger partial charge in [-0.15, -0.1) is 0 Å². The zero-order chi connectivity index (χ0) is 26.6. The second kappa shape index (κ2) is 9.14. The Morgan fingerprint density at radius 1 is 0.946 bits per heavy atom. The van der Waals surface area contributed by atoms with Gasteiger partial charge in [0.2, 0.25) is 12.0 Å². The molecule has 3 aliphatic heterocycles. The predicted molar refractivity (Wildman–Crippen MR) is 119 cm³/mol. The summed E-state index contributed by atoms with van der Waals surface area (Å²) in [6, 6.07) is 6.13. The fraction of sp³-hybridized carbons (Fsp3) is 0.292. The average molecular weight is 518 g/mol. The van der Waals surface area contributed by atoms with Crippen LogP contribution in [-0.4, -0.2) is 84.1 Å². The van der Waals surface area contributed by atoms with E-state index >= 15 is 0 Å². The van der Waals surface area contributed by atoms with E-state index < -0.39 is 66.6 Å². The number of hydrogen-bond donors (Lipinski definition) is 8. The lowest BCUT2D eigenvalue weighted by molar-refractivity contribution is -0.293. The third-order valence-electron chi connectivity index (χ3n) is 6.17. The van der Waals surface area contributed by atoms with Crippen LogP contribution in [0.4, 0.5) is 0 Å². The van der Waals surface area contributed by atoms with Gasteiger partial charge in [-0.05, 0) is 12.1 Å². The van der Waals surface area contributed by atoms with Crippen molar-refractivity contribution in [2.45, 2.75) is 36.8 Å². The molecule has 8 N–H and O–H groups in total. The monoisotopic (exact) mass is 518 g/mol. The normalized spacial score (nSPS) is 28.5. The SMILES string of the molecule is O=C(O)C1=CC2=C(O[C@@H]3O[C@H](CO)[C@@H](O)[C@@H](O)[C@H]3O)C(c3ccc(O)c(O)c3)Oc3cc(O)cc(c32)O1. The van der Waals surface area contributed by atoms with Gasteiger partial charge in [-0.25, -0.2) is 4.79 Å². The molecule has 196 valence electrons. The molecule has 0 amide bonds. The summed E-state index contributed by atoms with van der Waals surface area (Å²) >= 11 is 0. The van der Waals surface area contributed by atoms with Gasteiger partial charge in [0.15, 0.2) is 23.4 Å². The Labute approximate surface area is 207 Å². The predicted octanol–water partition coefficient (Wildman–Crippen LogP) is -0.174. The van der Waals surface area contributed by atoms with Crippen LogP contribution < -0.4 is 9.47 Å². The number of carboxylic acids is 1. The molecule has 0 aliphatic carbocycles. The summed E-state index contributed by atoms with van der Waals surface area (Å²) in [6.45, 7) is -0.717. The number of benzene rings is 2. The number of aromatic hydroxyl groups is 3. The van der Waals surface area contributed by atoms with Crippen molar-refractivity contribution in [3.05, 3.63) is 59.1 Å². The molecular weight excluding hydrogens is 496 g/mol. The Bertz CT molecular complexity index is 1310. The number of aliphatic hydroxyl groups is 4. The summed E-state index contributed by atoms with van der Waals surface area (Å²) in [5.41, 5.74) is 0.491. The maximum atomic E-state index is 11.8. The number of hydrogen-bond acceptors (Lipinski definition) is 12. The van der Waals surface area contributed by atoms with Gasteiger partial charge in [0.25, 0.3) is 0 Å². The Balaban J connectivity index is 1.70. The van der Waals surface area contributed by atoms with Gasteiger partial charge in [-0.1, -0.05) is 6.07 Å². The number of carbonyl (C=O) groups is 1. The number of allylic oxidation sites excluding steroid dienone is 2. The average Bonchev–Trinajstić information content (AvgIpc) is 2.86. The molecule has 2 aromatic rings. The number of phenols is 3. The molecule has 0 bridgehead atoms. The molecule has 1 fully saturated rings. The van der Waals surface area contributed by atoms with Crippen LogP contribution >= 0.6 is 0 Å². The Kier molecular flexibility index (Phi) is 6.09. The van der Waals surface area contributed by atoms with Crippen LogP contribution in [-0.2, 0) is 14.3 Å². The highest BCUT2D eigenvalue weighted by molar-refractivity contribution is 5.95. The third-order valence-corrected chi connectivity index (χ3v) is 6.17. The highest BCUT2D eigenvalue weighted by atomic mass is 16.7. The van der Waals surface area contributed by atoms with E-state index in [0.29, 0.717) is 0 Å². The molecule has 0 aromatic heterocycles. The van der Waals surface area contributed by atoms with Crippen molar-refractivity contribution >= 4 is 11.5 Å². The number of rotatable bonds is 5. The number of aliphatic hydroxyl groups excluding tert-OH is 4. The van der Waals surface area contributed by atoms with Crippen LogP contribution in [0.2, 0.25) is 0 Å². The zero-order valence-corrected chi connectivity index (χ0v) is 18.8. The van der Waals surface area contributed by atoms with Crippen molar-refractivity contribution in [2.24, 2.45) is 0 Å². The standard InChI is InChI=1S/C24H22O13/c25-7-16-18(29)19(30)20(31)24(36-16)37-22-10-6-15(23(32)33)34-13-4-9(26)5-14(17(10)13)35-21(22)8-1-2-11(27)12(28)3-8/h1-6,16,18-21,24-31H,7H2,(H,32,33)/t16-,18-,19-,20-,21?,24+/m1/s1. The van der Waals surface area contributed by atoms with Crippen LogP contribution in [0, 0.1) is 0 Å². The molecule has 2 aromatic carbocycles. The van der Waals surface area contributed by atoms with E-state index in [2.05, 4.69) is 0 Å². The van der Waals surface area contributed by atoms with Crippen molar-refractivity contribution in [1.29, 1.82) is 0 Å². The fourth-order valence-corrected chi connectivity index (χ4v) is 4.33. The summed E-state index contributed by atoms with van der Waals surface area (Å²) in [5, 5.41) is 80.0. The molecule has 1 unspecified atom stereocenters. The molecule has 13 heteroatoms. The van der Waals surface area contributed by atoms with Gasteiger partial charge in [-0.3, -0.25) is 0 Å². The van der Waals surface area contributed by atoms with Gasteiger partial charge >= 0.3 is 5.97 Å². The molecule has 3 heterocycles. The minimum atomic E-state index is -1.80. The second-order valence-corrected chi connectivity index (χ2v) is 8.57. The lowest BCUT2D eigenvalue weighted by Gasteiger charge is -2.41. The maximum absolute atomic E-state index is 11.8. The van der Waals surface area contributed by atoms with Crippen LogP contribution in [0.1, 0.15) is 17.2 Å². The molecule has 13 nitrogen and oxygen atoms in total. The maximum Gasteiger partial charge on any atom is 0.371 e. The smallest absolute Gasteiger partial charge is 0.371 e. The Morgan fingerprint density at radius 3 is 2.35 bits per heavy atom. The Hall–Kier alpha value is -4.01. The van der Waals surface area contributed by atoms with Crippen LogP contribution in [0.3, 0.4) is 0 Å². The fourth-order valence-electron chi connectivity index (χ4n) is 4.33. The molecule has 0 spiro atoms. The lowest BCUT2D eigenvalue weighted by Crippen LogP contribution is -2.59. The number of carboxylic acid groups (broad SMARTS) is 1. The van der Waals surface area contributed by atoms with E-state index in [1.165, 1.54) is 18.2 Å². The van der Waals surface area contributed by atoms with E-state index in [0.717, 1.165) is 18.2 Å². The number of phenolic OH excluding ortho intramolecular Hbond substituents is 3. The highest BCUT2D eigenvalue weighted by Crippen LogP contribution is 2.52. The third kappa shape index (κ3) is 4.18. The van der Waals surface area contributed by atoms with Crippen molar-refractivity contribution < 1.29 is 64.6 Å². The van der Waals surface area contributed by atoms with E-state index in [1.54, 1.807) is 0 Å². The minimum Gasteiger partial charge on any atom is -0.508 e. The van der Waals surface area contributed by atoms with Crippen LogP contribution in [0.15, 0.2) is 47.9 Å². The minimum absolute atomic E-state index is 0.0596. The van der Waals surface area contributed by atoms with Crippen molar-refractivity contribution in [1.82, 2.24) is 0 Å². The zero-order valence-electron chi connectivity index (χ0n) is 18.8. The topological polar surface area (TPSA) is 216 Å². The molecule has 6 atom stereocenters. The first kappa shape index (κ1) is 24.7. The summed E-state index contributed by atoms with van der Waals surface area (Å²) in [6.07, 6.45) is -8.32. The van der Waals surface area contributed by atoms with Crippen molar-refractivity contribution in [2.75, 3.05) is 6.61 Å². The summed E-state index contributed by atoms with van der Waals surface area (Å²) in [7, 11) is 0. The van der Waals surface area contributed by atoms with E-state index in [-0.39, 0.29) is 39.7 Å². The van der Waals surface area contributed by atoms with Crippen molar-refractivity contribution in [3.63, 3.8) is 0 Å². The van der Waals surface area contributed by atoms with Crippen LogP contribution in [0.25, 0.3) is 5.57 Å². The van der Waals surface area contributed by atoms with E-state index in [1.807, 2.05) is 0 Å². The first-order valence-corrected chi connectivity index (χ1v) is 11.0. The summed E-state index contributed by atoms with van der Waals surface area (Å²) in [4.78, 5) is 11.8. The van der Waals surface area contributed by atoms with Gasteiger partial charge in [-0.2, -0.15) is 0 Å². The first-order valence-electron chi connectivity index (χ1n) is 11.0. The molecule has 0 saturated carbocycles. The van der Waals surface area contributed by atoms with Crippen molar-refractivity contribution in [3.8, 4) is 28.7 Å². The largest absolute Gasteiger partial charge is 0.508 e. The van der Waals surface area contributed by atoms with Gasteiger partial charge in [0, 0.05) is 29.3 Å². The van der Waals surface area contributed by atoms with Gasteiger partial charge < -0.3 is 59.8 Å². The van der Waals surface area contributed by atoms with E-state index in [9.17, 15) is 45.6 Å². The molecule has 5 rings (SSSR count). The van der Waals surface area contributed by atoms with Crippen LogP contribution in [0.5, 0.6) is 28.7 Å². The number of ether oxygens (including phenoxy) is 4. The highest BCUT2D eigenvalue weighted by Gasteiger charge is 2.47. The molecule has 1 saturated heterocycles. The molecular formula is C24H22O13. The molecule has 3 aliphatic rings. The molecule has 0 radical (unpaired) electrons. The first-order chi connectivity index (χ1) is 17.6. The lowest BCUT2D eigenvalue weighted by atomic mass is 9.92. The second-order valence-electron chi connectivity index (χ2n) is 8.57. The summed E-state index contributed by atoms with van der Waals surface area (Å²) < 4.78 is 22.8. The van der Waals surface area contributed by atoms with Gasteiger partial charge in [0.1, 0.15) is 41.7 Å². The quantitative estimate of drug-likeness (QED) is 0.242. The molecule has 37 heavy (non-hydrogen) atoms. The van der Waals surface area contributed by atoms with Gasteiger partial charge in [0.05, 0.1) is 12.2 Å². The Morgan fingerprint density at radius 2 is 1.68 bits per heavy atom.